The maximum absolute atomic E-state index is 11.9. The topological polar surface area (TPSA) is 122 Å². The maximum atomic E-state index is 11.9. The van der Waals surface area contributed by atoms with Crippen LogP contribution in [0.3, 0.4) is 0 Å². The number of nitrogens with zero attached hydrogens (tertiary/aromatic N) is 4. The van der Waals surface area contributed by atoms with Crippen molar-refractivity contribution in [3.63, 3.8) is 0 Å². The Morgan fingerprint density at radius 3 is 2.71 bits per heavy atom. The summed E-state index contributed by atoms with van der Waals surface area (Å²) in [5.74, 6) is -0.0181. The number of aromatic amines is 1. The Hall–Kier alpha value is -2.23. The van der Waals surface area contributed by atoms with E-state index < -0.39 is 17.7 Å². The fourth-order valence-corrected chi connectivity index (χ4v) is 1.77. The van der Waals surface area contributed by atoms with Gasteiger partial charge in [-0.05, 0) is 27.7 Å². The van der Waals surface area contributed by atoms with Crippen LogP contribution in [-0.2, 0) is 21.0 Å². The number of carbonyl (C=O) groups is 2. The molecule has 1 aromatic rings. The van der Waals surface area contributed by atoms with Gasteiger partial charge in [-0.1, -0.05) is 5.21 Å². The molecule has 0 spiro atoms. The lowest BCUT2D eigenvalue weighted by Crippen LogP contribution is -2.69. The number of rotatable bonds is 4. The standard InChI is InChI=1S/C11H18N6O4/c1-6-8(12-10(19)21-11(2,3)4)9(18)17(6)20-5-7-13-15-16-14-7/h6,8H,5H2,1-4H3,(H,12,19)(H,13,14,15,16)/t6-,8-/m0/s1. The van der Waals surface area contributed by atoms with Crippen molar-refractivity contribution < 1.29 is 19.2 Å². The second kappa shape index (κ2) is 5.64. The van der Waals surface area contributed by atoms with Gasteiger partial charge in [0, 0.05) is 0 Å². The lowest BCUT2D eigenvalue weighted by atomic mass is 10.0. The van der Waals surface area contributed by atoms with E-state index in [4.69, 9.17) is 9.57 Å². The summed E-state index contributed by atoms with van der Waals surface area (Å²) in [6.07, 6.45) is -0.634. The van der Waals surface area contributed by atoms with Crippen molar-refractivity contribution in [3.05, 3.63) is 5.82 Å². The van der Waals surface area contributed by atoms with Gasteiger partial charge >= 0.3 is 6.09 Å². The fraction of sp³-hybridized carbons (Fsp3) is 0.727. The predicted molar refractivity (Wildman–Crippen MR) is 68.4 cm³/mol. The number of aromatic nitrogens is 4. The number of amides is 2. The van der Waals surface area contributed by atoms with Gasteiger partial charge in [-0.3, -0.25) is 9.63 Å². The second-order valence-corrected chi connectivity index (χ2v) is 5.63. The molecule has 0 aliphatic carbocycles. The summed E-state index contributed by atoms with van der Waals surface area (Å²) >= 11 is 0. The van der Waals surface area contributed by atoms with Gasteiger partial charge in [0.25, 0.3) is 5.91 Å². The molecule has 0 unspecified atom stereocenters. The highest BCUT2D eigenvalue weighted by Crippen LogP contribution is 2.21. The first kappa shape index (κ1) is 15.2. The lowest BCUT2D eigenvalue weighted by molar-refractivity contribution is -0.238. The van der Waals surface area contributed by atoms with Crippen LogP contribution in [0.4, 0.5) is 4.79 Å². The van der Waals surface area contributed by atoms with E-state index in [-0.39, 0.29) is 18.6 Å². The second-order valence-electron chi connectivity index (χ2n) is 5.63. The Labute approximate surface area is 121 Å². The molecule has 10 heteroatoms. The molecular weight excluding hydrogens is 280 g/mol. The third-order valence-corrected chi connectivity index (χ3v) is 2.73. The van der Waals surface area contributed by atoms with Gasteiger partial charge in [-0.15, -0.1) is 10.2 Å². The number of H-pyrrole nitrogens is 1. The van der Waals surface area contributed by atoms with Crippen molar-refractivity contribution in [1.29, 1.82) is 0 Å². The zero-order chi connectivity index (χ0) is 15.6. The first-order chi connectivity index (χ1) is 9.78. The van der Waals surface area contributed by atoms with Crippen molar-refractivity contribution in [2.24, 2.45) is 0 Å². The molecule has 1 fully saturated rings. The zero-order valence-electron chi connectivity index (χ0n) is 12.3. The number of nitrogens with one attached hydrogen (secondary N) is 2. The van der Waals surface area contributed by atoms with E-state index in [2.05, 4.69) is 25.9 Å². The Morgan fingerprint density at radius 1 is 1.48 bits per heavy atom. The van der Waals surface area contributed by atoms with Crippen LogP contribution in [0.5, 0.6) is 0 Å². The molecule has 1 aliphatic rings. The Morgan fingerprint density at radius 2 is 2.19 bits per heavy atom. The molecule has 10 nitrogen and oxygen atoms in total. The van der Waals surface area contributed by atoms with Gasteiger partial charge in [-0.25, -0.2) is 9.86 Å². The van der Waals surface area contributed by atoms with Gasteiger partial charge in [0.15, 0.2) is 0 Å². The summed E-state index contributed by atoms with van der Waals surface area (Å²) in [6, 6.07) is -0.970. The normalized spacial score (nSPS) is 21.9. The third-order valence-electron chi connectivity index (χ3n) is 2.73. The number of carbonyl (C=O) groups excluding carboxylic acids is 2. The molecule has 116 valence electrons. The number of hydroxylamine groups is 2. The van der Waals surface area contributed by atoms with Gasteiger partial charge in [0.2, 0.25) is 5.82 Å². The number of hydrogen-bond acceptors (Lipinski definition) is 7. The molecule has 21 heavy (non-hydrogen) atoms. The highest BCUT2D eigenvalue weighted by atomic mass is 16.7. The lowest BCUT2D eigenvalue weighted by Gasteiger charge is -2.43. The quantitative estimate of drug-likeness (QED) is 0.735. The summed E-state index contributed by atoms with van der Waals surface area (Å²) in [7, 11) is 0. The van der Waals surface area contributed by atoms with E-state index >= 15 is 0 Å². The monoisotopic (exact) mass is 298 g/mol. The van der Waals surface area contributed by atoms with E-state index in [1.165, 1.54) is 5.06 Å². The number of alkyl carbamates (subject to hydrolysis) is 1. The number of hydrogen-bond donors (Lipinski definition) is 2. The molecule has 0 radical (unpaired) electrons. The molecule has 1 aliphatic heterocycles. The molecule has 0 bridgehead atoms. The summed E-state index contributed by atoms with van der Waals surface area (Å²) < 4.78 is 5.10. The SMILES string of the molecule is C[C@H]1[C@H](NC(=O)OC(C)(C)C)C(=O)N1OCc1nn[nH]n1. The highest BCUT2D eigenvalue weighted by Gasteiger charge is 2.47. The van der Waals surface area contributed by atoms with Crippen LogP contribution in [0.25, 0.3) is 0 Å². The predicted octanol–water partition coefficient (Wildman–Crippen LogP) is -0.245. The molecule has 2 rings (SSSR count). The average molecular weight is 298 g/mol. The third kappa shape index (κ3) is 3.66. The number of ether oxygens (including phenoxy) is 1. The summed E-state index contributed by atoms with van der Waals surface area (Å²) in [5.41, 5.74) is -0.616. The first-order valence-electron chi connectivity index (χ1n) is 6.46. The molecule has 2 N–H and O–H groups in total. The van der Waals surface area contributed by atoms with E-state index in [0.29, 0.717) is 5.82 Å². The van der Waals surface area contributed by atoms with Crippen LogP contribution in [0, 0.1) is 0 Å². The van der Waals surface area contributed by atoms with Crippen LogP contribution in [0.1, 0.15) is 33.5 Å². The number of tetrazole rings is 1. The van der Waals surface area contributed by atoms with E-state index in [0.717, 1.165) is 0 Å². The highest BCUT2D eigenvalue weighted by molar-refractivity contribution is 5.91. The van der Waals surface area contributed by atoms with Gasteiger partial charge in [0.05, 0.1) is 6.04 Å². The van der Waals surface area contributed by atoms with E-state index in [1.807, 2.05) is 0 Å². The molecule has 1 aromatic heterocycles. The van der Waals surface area contributed by atoms with Crippen LogP contribution >= 0.6 is 0 Å². The fourth-order valence-electron chi connectivity index (χ4n) is 1.77. The van der Waals surface area contributed by atoms with Crippen LogP contribution < -0.4 is 5.32 Å². The van der Waals surface area contributed by atoms with Crippen LogP contribution in [-0.4, -0.2) is 55.4 Å². The van der Waals surface area contributed by atoms with Crippen LogP contribution in [0.2, 0.25) is 0 Å². The van der Waals surface area contributed by atoms with Crippen molar-refractivity contribution in [1.82, 2.24) is 31.0 Å². The Kier molecular flexibility index (Phi) is 4.07. The van der Waals surface area contributed by atoms with E-state index in [1.54, 1.807) is 27.7 Å². The zero-order valence-corrected chi connectivity index (χ0v) is 12.3. The van der Waals surface area contributed by atoms with Crippen LogP contribution in [0.15, 0.2) is 0 Å². The minimum Gasteiger partial charge on any atom is -0.444 e. The molecule has 2 atom stereocenters. The molecule has 2 amide bonds. The van der Waals surface area contributed by atoms with Gasteiger partial charge in [-0.2, -0.15) is 5.21 Å². The molecule has 0 saturated carbocycles. The van der Waals surface area contributed by atoms with Crippen molar-refractivity contribution >= 4 is 12.0 Å². The summed E-state index contributed by atoms with van der Waals surface area (Å²) in [5, 5.41) is 16.7. The van der Waals surface area contributed by atoms with Gasteiger partial charge in [0.1, 0.15) is 18.2 Å². The minimum atomic E-state index is -0.662. The molecule has 0 aromatic carbocycles. The van der Waals surface area contributed by atoms with Gasteiger partial charge < -0.3 is 10.1 Å². The van der Waals surface area contributed by atoms with Crippen molar-refractivity contribution in [2.45, 2.75) is 52.0 Å². The van der Waals surface area contributed by atoms with E-state index in [9.17, 15) is 9.59 Å². The van der Waals surface area contributed by atoms with Crippen molar-refractivity contribution in [3.8, 4) is 0 Å². The summed E-state index contributed by atoms with van der Waals surface area (Å²) in [4.78, 5) is 28.8. The average Bonchev–Trinajstić information content (AvgIpc) is 2.87. The Bertz CT molecular complexity index is 511. The van der Waals surface area contributed by atoms with Crippen molar-refractivity contribution in [2.75, 3.05) is 0 Å². The first-order valence-corrected chi connectivity index (χ1v) is 6.46. The summed E-state index contributed by atoms with van der Waals surface area (Å²) in [6.45, 7) is 7.02. The molecule has 2 heterocycles. The smallest absolute Gasteiger partial charge is 0.408 e. The molecule has 1 saturated heterocycles. The minimum absolute atomic E-state index is 0.0196. The number of β-lactam (4-membered cyclic amide) rings is 1. The Balaban J connectivity index is 1.80. The largest absolute Gasteiger partial charge is 0.444 e. The molecular formula is C11H18N6O4. The maximum Gasteiger partial charge on any atom is 0.408 e.